The Hall–Kier alpha value is -3.20. The normalized spacial score (nSPS) is 10.8. The van der Waals surface area contributed by atoms with Crippen LogP contribution in [0.3, 0.4) is 0 Å². The molecule has 0 unspecified atom stereocenters. The summed E-state index contributed by atoms with van der Waals surface area (Å²) in [5.41, 5.74) is 2.20. The van der Waals surface area contributed by atoms with Crippen molar-refractivity contribution in [1.29, 1.82) is 5.26 Å². The fraction of sp³-hybridized carbons (Fsp3) is 0.263. The minimum Gasteiger partial charge on any atom is -0.309 e. The fourth-order valence-corrected chi connectivity index (χ4v) is 2.72. The van der Waals surface area contributed by atoms with Crippen LogP contribution in [0.5, 0.6) is 0 Å². The third-order valence-electron chi connectivity index (χ3n) is 3.87. The van der Waals surface area contributed by atoms with Crippen molar-refractivity contribution >= 4 is 22.6 Å². The van der Waals surface area contributed by atoms with Gasteiger partial charge in [0.15, 0.2) is 11.6 Å². The summed E-state index contributed by atoms with van der Waals surface area (Å²) >= 11 is 0. The van der Waals surface area contributed by atoms with Crippen LogP contribution in [0.4, 0.5) is 5.82 Å². The summed E-state index contributed by atoms with van der Waals surface area (Å²) in [6, 6.07) is 11.8. The zero-order valence-corrected chi connectivity index (χ0v) is 14.4. The second-order valence-corrected chi connectivity index (χ2v) is 6.39. The molecular weight excluding hydrogens is 314 g/mol. The number of carbonyl (C=O) groups excluding carboxylic acids is 1. The fourth-order valence-electron chi connectivity index (χ4n) is 2.72. The van der Waals surface area contributed by atoms with Gasteiger partial charge in [0.1, 0.15) is 11.6 Å². The first-order valence-corrected chi connectivity index (χ1v) is 8.14. The van der Waals surface area contributed by atoms with Gasteiger partial charge in [-0.2, -0.15) is 15.0 Å². The van der Waals surface area contributed by atoms with Crippen molar-refractivity contribution < 1.29 is 4.79 Å². The molecule has 2 aromatic heterocycles. The lowest BCUT2D eigenvalue weighted by molar-refractivity contribution is -0.116. The number of benzene rings is 1. The third-order valence-corrected chi connectivity index (χ3v) is 3.87. The van der Waals surface area contributed by atoms with Gasteiger partial charge in [0.05, 0.1) is 11.7 Å². The summed E-state index contributed by atoms with van der Waals surface area (Å²) in [4.78, 5) is 16.8. The molecule has 2 heterocycles. The van der Waals surface area contributed by atoms with Gasteiger partial charge in [0.25, 0.3) is 0 Å². The lowest BCUT2D eigenvalue weighted by Gasteiger charge is -2.11. The molecule has 3 aromatic rings. The van der Waals surface area contributed by atoms with E-state index in [9.17, 15) is 10.1 Å². The van der Waals surface area contributed by atoms with E-state index < -0.39 is 0 Å². The molecule has 1 aromatic carbocycles. The third kappa shape index (κ3) is 3.36. The monoisotopic (exact) mass is 333 g/mol. The van der Waals surface area contributed by atoms with E-state index in [0.29, 0.717) is 23.6 Å². The Balaban J connectivity index is 2.07. The maximum atomic E-state index is 12.2. The van der Waals surface area contributed by atoms with Gasteiger partial charge < -0.3 is 5.32 Å². The van der Waals surface area contributed by atoms with Crippen LogP contribution in [0.2, 0.25) is 0 Å². The van der Waals surface area contributed by atoms with Gasteiger partial charge >= 0.3 is 0 Å². The number of carbonyl (C=O) groups is 1. The first-order valence-electron chi connectivity index (χ1n) is 8.14. The molecule has 0 bridgehead atoms. The van der Waals surface area contributed by atoms with E-state index in [2.05, 4.69) is 21.5 Å². The molecule has 126 valence electrons. The van der Waals surface area contributed by atoms with Crippen LogP contribution in [0, 0.1) is 24.2 Å². The molecule has 0 saturated carbocycles. The van der Waals surface area contributed by atoms with E-state index in [-0.39, 0.29) is 11.8 Å². The number of aromatic nitrogens is 3. The molecular formula is C19H19N5O. The molecule has 0 atom stereocenters. The largest absolute Gasteiger partial charge is 0.309 e. The summed E-state index contributed by atoms with van der Waals surface area (Å²) in [6.45, 7) is 5.94. The first-order chi connectivity index (χ1) is 12.0. The van der Waals surface area contributed by atoms with Crippen LogP contribution in [-0.2, 0) is 4.79 Å². The molecule has 1 amide bonds. The zero-order valence-electron chi connectivity index (χ0n) is 14.4. The van der Waals surface area contributed by atoms with E-state index in [1.54, 1.807) is 0 Å². The minimum absolute atomic E-state index is 0.147. The van der Waals surface area contributed by atoms with Gasteiger partial charge in [0.2, 0.25) is 5.91 Å². The van der Waals surface area contributed by atoms with E-state index in [4.69, 9.17) is 0 Å². The van der Waals surface area contributed by atoms with Crippen molar-refractivity contribution in [1.82, 2.24) is 14.8 Å². The SMILES string of the molecule is Cc1cc(-n2ncc(C#N)c2NC(=O)CC(C)C)nc2ccccc12. The molecule has 0 fully saturated rings. The summed E-state index contributed by atoms with van der Waals surface area (Å²) in [6.07, 6.45) is 1.82. The standard InChI is InChI=1S/C19H19N5O/c1-12(2)8-18(25)23-19-14(10-20)11-21-24(19)17-9-13(3)15-6-4-5-7-16(15)22-17/h4-7,9,11-12H,8H2,1-3H3,(H,23,25). The number of para-hydroxylation sites is 1. The minimum atomic E-state index is -0.147. The van der Waals surface area contributed by atoms with E-state index in [1.165, 1.54) is 10.9 Å². The predicted molar refractivity (Wildman–Crippen MR) is 96.4 cm³/mol. The van der Waals surface area contributed by atoms with Gasteiger partial charge in [-0.15, -0.1) is 0 Å². The number of nitrogens with zero attached hydrogens (tertiary/aromatic N) is 4. The number of hydrogen-bond acceptors (Lipinski definition) is 4. The number of aryl methyl sites for hydroxylation is 1. The highest BCUT2D eigenvalue weighted by atomic mass is 16.1. The molecule has 25 heavy (non-hydrogen) atoms. The molecule has 0 aliphatic rings. The number of nitriles is 1. The molecule has 0 aliphatic carbocycles. The van der Waals surface area contributed by atoms with Crippen molar-refractivity contribution in [2.45, 2.75) is 27.2 Å². The van der Waals surface area contributed by atoms with E-state index in [1.807, 2.05) is 51.1 Å². The summed E-state index contributed by atoms with van der Waals surface area (Å²) in [5.74, 6) is 1.00. The predicted octanol–water partition coefficient (Wildman–Crippen LogP) is 3.59. The Kier molecular flexibility index (Phi) is 4.48. The van der Waals surface area contributed by atoms with Gasteiger partial charge in [-0.1, -0.05) is 32.0 Å². The first kappa shape index (κ1) is 16.7. The van der Waals surface area contributed by atoms with E-state index in [0.717, 1.165) is 16.5 Å². The van der Waals surface area contributed by atoms with Crippen LogP contribution in [0.25, 0.3) is 16.7 Å². The molecule has 0 radical (unpaired) electrons. The van der Waals surface area contributed by atoms with Crippen molar-refractivity contribution in [2.24, 2.45) is 5.92 Å². The van der Waals surface area contributed by atoms with Crippen LogP contribution >= 0.6 is 0 Å². The smallest absolute Gasteiger partial charge is 0.225 e. The number of pyridine rings is 1. The summed E-state index contributed by atoms with van der Waals surface area (Å²) in [5, 5.41) is 17.4. The molecule has 0 spiro atoms. The number of anilines is 1. The lowest BCUT2D eigenvalue weighted by Crippen LogP contribution is -2.17. The van der Waals surface area contributed by atoms with Crippen LogP contribution in [0.15, 0.2) is 36.5 Å². The van der Waals surface area contributed by atoms with Crippen LogP contribution in [-0.4, -0.2) is 20.7 Å². The van der Waals surface area contributed by atoms with Crippen LogP contribution < -0.4 is 5.32 Å². The Bertz CT molecular complexity index is 981. The van der Waals surface area contributed by atoms with Crippen molar-refractivity contribution in [3.8, 4) is 11.9 Å². The highest BCUT2D eigenvalue weighted by Gasteiger charge is 2.17. The van der Waals surface area contributed by atoms with Gasteiger partial charge in [-0.3, -0.25) is 4.79 Å². The molecule has 0 saturated heterocycles. The number of hydrogen-bond donors (Lipinski definition) is 1. The van der Waals surface area contributed by atoms with Crippen molar-refractivity contribution in [3.05, 3.63) is 47.7 Å². The summed E-state index contributed by atoms with van der Waals surface area (Å²) in [7, 11) is 0. The van der Waals surface area contributed by atoms with Gasteiger partial charge in [0, 0.05) is 11.8 Å². The lowest BCUT2D eigenvalue weighted by atomic mass is 10.1. The summed E-state index contributed by atoms with van der Waals surface area (Å²) < 4.78 is 1.51. The van der Waals surface area contributed by atoms with Crippen molar-refractivity contribution in [2.75, 3.05) is 5.32 Å². The highest BCUT2D eigenvalue weighted by Crippen LogP contribution is 2.23. The molecule has 3 rings (SSSR count). The Labute approximate surface area is 146 Å². The number of nitrogens with one attached hydrogen (secondary N) is 1. The number of rotatable bonds is 4. The molecule has 6 nitrogen and oxygen atoms in total. The second kappa shape index (κ2) is 6.73. The average Bonchev–Trinajstić information content (AvgIpc) is 2.96. The second-order valence-electron chi connectivity index (χ2n) is 6.39. The maximum absolute atomic E-state index is 12.2. The van der Waals surface area contributed by atoms with Crippen LogP contribution in [0.1, 0.15) is 31.4 Å². The Morgan fingerprint density at radius 1 is 1.36 bits per heavy atom. The van der Waals surface area contributed by atoms with Gasteiger partial charge in [-0.25, -0.2) is 4.98 Å². The highest BCUT2D eigenvalue weighted by molar-refractivity contribution is 5.91. The Morgan fingerprint density at radius 2 is 2.12 bits per heavy atom. The quantitative estimate of drug-likeness (QED) is 0.791. The number of fused-ring (bicyclic) bond motifs is 1. The van der Waals surface area contributed by atoms with Gasteiger partial charge in [-0.05, 0) is 30.5 Å². The molecule has 0 aliphatic heterocycles. The number of amides is 1. The Morgan fingerprint density at radius 3 is 2.84 bits per heavy atom. The maximum Gasteiger partial charge on any atom is 0.225 e. The zero-order chi connectivity index (χ0) is 18.0. The topological polar surface area (TPSA) is 83.6 Å². The van der Waals surface area contributed by atoms with Crippen molar-refractivity contribution in [3.63, 3.8) is 0 Å². The average molecular weight is 333 g/mol. The molecule has 1 N–H and O–H groups in total. The molecule has 6 heteroatoms. The van der Waals surface area contributed by atoms with E-state index >= 15 is 0 Å².